The number of nitrogens with one attached hydrogen (secondary N) is 1. The lowest BCUT2D eigenvalue weighted by Crippen LogP contribution is -2.29. The second-order valence-corrected chi connectivity index (χ2v) is 6.57. The molecule has 0 aliphatic rings. The van der Waals surface area contributed by atoms with Crippen LogP contribution in [0, 0.1) is 10.1 Å². The number of hydrogen-bond acceptors (Lipinski definition) is 7. The van der Waals surface area contributed by atoms with Crippen LogP contribution in [0.25, 0.3) is 6.08 Å². The zero-order chi connectivity index (χ0) is 23.0. The Morgan fingerprint density at radius 3 is 2.58 bits per heavy atom. The van der Waals surface area contributed by atoms with E-state index in [2.05, 4.69) is 5.32 Å². The number of nitro groups is 1. The maximum atomic E-state index is 12.2. The van der Waals surface area contributed by atoms with Gasteiger partial charge in [0.15, 0.2) is 17.6 Å². The number of amides is 1. The molecule has 0 saturated carbocycles. The van der Waals surface area contributed by atoms with Crippen molar-refractivity contribution in [3.63, 3.8) is 0 Å². The van der Waals surface area contributed by atoms with E-state index in [1.54, 1.807) is 18.2 Å². The van der Waals surface area contributed by atoms with Crippen molar-refractivity contribution in [1.82, 2.24) is 0 Å². The topological polar surface area (TPSA) is 117 Å². The number of esters is 1. The minimum absolute atomic E-state index is 0.00887. The number of methoxy groups -OCH3 is 1. The lowest BCUT2D eigenvalue weighted by Gasteiger charge is -2.13. The van der Waals surface area contributed by atoms with E-state index in [1.807, 2.05) is 6.92 Å². The minimum atomic E-state index is -1.13. The van der Waals surface area contributed by atoms with Crippen LogP contribution >= 0.6 is 11.6 Å². The molecule has 0 aliphatic heterocycles. The van der Waals surface area contributed by atoms with Crippen molar-refractivity contribution in [3.05, 3.63) is 63.2 Å². The number of ether oxygens (including phenoxy) is 3. The lowest BCUT2D eigenvalue weighted by atomic mass is 10.2. The van der Waals surface area contributed by atoms with Crippen LogP contribution in [0.1, 0.15) is 19.4 Å². The molecular weight excluding hydrogens is 428 g/mol. The predicted molar refractivity (Wildman–Crippen MR) is 115 cm³/mol. The average Bonchev–Trinajstić information content (AvgIpc) is 2.74. The summed E-state index contributed by atoms with van der Waals surface area (Å²) in [6, 6.07) is 8.77. The first-order valence-corrected chi connectivity index (χ1v) is 9.57. The van der Waals surface area contributed by atoms with Gasteiger partial charge in [-0.1, -0.05) is 17.7 Å². The molecule has 1 amide bonds. The highest BCUT2D eigenvalue weighted by molar-refractivity contribution is 6.34. The zero-order valence-electron chi connectivity index (χ0n) is 17.1. The molecule has 0 radical (unpaired) electrons. The molecule has 0 spiro atoms. The Morgan fingerprint density at radius 2 is 1.97 bits per heavy atom. The third kappa shape index (κ3) is 6.71. The third-order valence-electron chi connectivity index (χ3n) is 3.98. The molecule has 164 valence electrons. The molecular formula is C21H21ClN2O7. The van der Waals surface area contributed by atoms with Gasteiger partial charge in [0.2, 0.25) is 0 Å². The molecule has 10 heteroatoms. The van der Waals surface area contributed by atoms with Crippen LogP contribution in [-0.4, -0.2) is 36.6 Å². The highest BCUT2D eigenvalue weighted by atomic mass is 35.5. The summed E-state index contributed by atoms with van der Waals surface area (Å²) in [5.41, 5.74) is 0.628. The lowest BCUT2D eigenvalue weighted by molar-refractivity contribution is -0.384. The van der Waals surface area contributed by atoms with Crippen LogP contribution in [0.15, 0.2) is 42.5 Å². The number of carbonyl (C=O) groups is 2. The summed E-state index contributed by atoms with van der Waals surface area (Å²) in [7, 11) is 1.51. The molecule has 0 fully saturated rings. The van der Waals surface area contributed by atoms with Gasteiger partial charge in [-0.3, -0.25) is 14.9 Å². The van der Waals surface area contributed by atoms with Crippen molar-refractivity contribution in [2.75, 3.05) is 19.0 Å². The molecule has 2 aromatic rings. The summed E-state index contributed by atoms with van der Waals surface area (Å²) in [6.45, 7) is 3.74. The Morgan fingerprint density at radius 1 is 1.23 bits per heavy atom. The monoisotopic (exact) mass is 448 g/mol. The highest BCUT2D eigenvalue weighted by Gasteiger charge is 2.19. The van der Waals surface area contributed by atoms with Crippen molar-refractivity contribution >= 4 is 40.9 Å². The summed E-state index contributed by atoms with van der Waals surface area (Å²) < 4.78 is 15.8. The van der Waals surface area contributed by atoms with Crippen molar-refractivity contribution in [2.45, 2.75) is 20.0 Å². The van der Waals surface area contributed by atoms with Gasteiger partial charge in [-0.05, 0) is 43.7 Å². The van der Waals surface area contributed by atoms with Crippen molar-refractivity contribution in [3.8, 4) is 11.5 Å². The van der Waals surface area contributed by atoms with Gasteiger partial charge in [0.05, 0.1) is 29.4 Å². The molecule has 0 saturated heterocycles. The second kappa shape index (κ2) is 11.0. The maximum Gasteiger partial charge on any atom is 0.331 e. The van der Waals surface area contributed by atoms with E-state index in [0.717, 1.165) is 6.07 Å². The standard InChI is InChI=1S/C21H21ClN2O7/c1-4-30-18-9-5-14(11-19(18)29-3)6-10-20(25)31-13(2)21(26)23-17-8-7-15(24(27)28)12-16(17)22/h5-13H,4H2,1-3H3,(H,23,26)/b10-6-/t13-/m1/s1. The largest absolute Gasteiger partial charge is 0.493 e. The van der Waals surface area contributed by atoms with E-state index < -0.39 is 22.9 Å². The first kappa shape index (κ1) is 23.7. The Bertz CT molecular complexity index is 1010. The second-order valence-electron chi connectivity index (χ2n) is 6.17. The third-order valence-corrected chi connectivity index (χ3v) is 4.30. The SMILES string of the molecule is CCOc1ccc(/C=C\C(=O)O[C@H](C)C(=O)Nc2ccc([N+](=O)[O-])cc2Cl)cc1OC. The fraction of sp³-hybridized carbons (Fsp3) is 0.238. The quantitative estimate of drug-likeness (QED) is 0.264. The van der Waals surface area contributed by atoms with E-state index >= 15 is 0 Å². The van der Waals surface area contributed by atoms with Gasteiger partial charge >= 0.3 is 5.97 Å². The summed E-state index contributed by atoms with van der Waals surface area (Å²) >= 11 is 5.94. The zero-order valence-corrected chi connectivity index (χ0v) is 17.8. The molecule has 0 aliphatic carbocycles. The predicted octanol–water partition coefficient (Wildman–Crippen LogP) is 4.24. The van der Waals surface area contributed by atoms with Gasteiger partial charge in [-0.2, -0.15) is 0 Å². The van der Waals surface area contributed by atoms with E-state index in [0.29, 0.717) is 23.7 Å². The minimum Gasteiger partial charge on any atom is -0.493 e. The first-order valence-electron chi connectivity index (χ1n) is 9.19. The van der Waals surface area contributed by atoms with Crippen molar-refractivity contribution < 1.29 is 28.7 Å². The molecule has 0 aromatic heterocycles. The summed E-state index contributed by atoms with van der Waals surface area (Å²) in [4.78, 5) is 34.4. The fourth-order valence-electron chi connectivity index (χ4n) is 2.45. The van der Waals surface area contributed by atoms with Gasteiger partial charge in [0.25, 0.3) is 11.6 Å². The molecule has 1 atom stereocenters. The maximum absolute atomic E-state index is 12.2. The Labute approximate surface area is 183 Å². The van der Waals surface area contributed by atoms with Crippen molar-refractivity contribution in [1.29, 1.82) is 0 Å². The smallest absolute Gasteiger partial charge is 0.331 e. The van der Waals surface area contributed by atoms with Gasteiger partial charge in [0.1, 0.15) is 0 Å². The van der Waals surface area contributed by atoms with E-state index in [-0.39, 0.29) is 16.4 Å². The molecule has 1 N–H and O–H groups in total. The van der Waals surface area contributed by atoms with Crippen molar-refractivity contribution in [2.24, 2.45) is 0 Å². The summed E-state index contributed by atoms with van der Waals surface area (Å²) in [6.07, 6.45) is 1.56. The van der Waals surface area contributed by atoms with Crippen LogP contribution < -0.4 is 14.8 Å². The molecule has 31 heavy (non-hydrogen) atoms. The Kier molecular flexibility index (Phi) is 8.39. The highest BCUT2D eigenvalue weighted by Crippen LogP contribution is 2.29. The number of rotatable bonds is 9. The van der Waals surface area contributed by atoms with Crippen LogP contribution in [0.3, 0.4) is 0 Å². The van der Waals surface area contributed by atoms with Gasteiger partial charge < -0.3 is 19.5 Å². The van der Waals surface area contributed by atoms with Gasteiger partial charge in [0, 0.05) is 18.2 Å². The van der Waals surface area contributed by atoms with Crippen LogP contribution in [0.5, 0.6) is 11.5 Å². The Balaban J connectivity index is 1.97. The number of nitro benzene ring substituents is 1. The molecule has 0 heterocycles. The molecule has 9 nitrogen and oxygen atoms in total. The summed E-state index contributed by atoms with van der Waals surface area (Å²) in [5, 5.41) is 13.2. The number of hydrogen-bond donors (Lipinski definition) is 1. The number of anilines is 1. The number of non-ortho nitro benzene ring substituents is 1. The average molecular weight is 449 g/mol. The molecule has 0 bridgehead atoms. The molecule has 2 rings (SSSR count). The number of benzene rings is 2. The number of carbonyl (C=O) groups excluding carboxylic acids is 2. The van der Waals surface area contributed by atoms with Crippen LogP contribution in [-0.2, 0) is 14.3 Å². The van der Waals surface area contributed by atoms with E-state index in [4.69, 9.17) is 25.8 Å². The fourth-order valence-corrected chi connectivity index (χ4v) is 2.67. The van der Waals surface area contributed by atoms with Gasteiger partial charge in [-0.25, -0.2) is 4.79 Å². The van der Waals surface area contributed by atoms with Gasteiger partial charge in [-0.15, -0.1) is 0 Å². The molecule has 2 aromatic carbocycles. The van der Waals surface area contributed by atoms with Crippen LogP contribution in [0.2, 0.25) is 5.02 Å². The van der Waals surface area contributed by atoms with E-state index in [9.17, 15) is 19.7 Å². The number of halogens is 1. The Hall–Kier alpha value is -3.59. The van der Waals surface area contributed by atoms with Crippen LogP contribution in [0.4, 0.5) is 11.4 Å². The first-order chi connectivity index (χ1) is 14.7. The number of nitrogens with zero attached hydrogens (tertiary/aromatic N) is 1. The molecule has 0 unspecified atom stereocenters. The van der Waals surface area contributed by atoms with E-state index in [1.165, 1.54) is 38.3 Å². The normalized spacial score (nSPS) is 11.6. The summed E-state index contributed by atoms with van der Waals surface area (Å²) in [5.74, 6) is -0.268.